The van der Waals surface area contributed by atoms with Gasteiger partial charge in [0.1, 0.15) is 0 Å². The number of hydrogen-bond acceptors (Lipinski definition) is 5. The largest absolute Gasteiger partial charge is 0.316 e. The average molecular weight is 325 g/mol. The Kier molecular flexibility index (Phi) is 4.65. The van der Waals surface area contributed by atoms with Gasteiger partial charge in [0, 0.05) is 17.6 Å². The molecule has 1 aromatic carbocycles. The summed E-state index contributed by atoms with van der Waals surface area (Å²) < 4.78 is 27.6. The van der Waals surface area contributed by atoms with Crippen LogP contribution in [0.4, 0.5) is 5.13 Å². The number of hydrogen-bond donors (Lipinski definition) is 2. The highest BCUT2D eigenvalue weighted by molar-refractivity contribution is 7.93. The lowest BCUT2D eigenvalue weighted by atomic mass is 10.1. The van der Waals surface area contributed by atoms with Crippen molar-refractivity contribution in [1.82, 2.24) is 10.3 Å². The van der Waals surface area contributed by atoms with Gasteiger partial charge in [-0.25, -0.2) is 13.4 Å². The van der Waals surface area contributed by atoms with Crippen LogP contribution in [0.5, 0.6) is 0 Å². The molecule has 0 fully saturated rings. The number of aromatic nitrogens is 1. The molecule has 0 amide bonds. The molecule has 5 nitrogen and oxygen atoms in total. The minimum Gasteiger partial charge on any atom is -0.316 e. The third kappa shape index (κ3) is 3.61. The summed E-state index contributed by atoms with van der Waals surface area (Å²) in [7, 11) is -1.78. The van der Waals surface area contributed by atoms with Crippen LogP contribution in [-0.4, -0.2) is 20.4 Å². The van der Waals surface area contributed by atoms with Crippen LogP contribution >= 0.6 is 11.3 Å². The van der Waals surface area contributed by atoms with Gasteiger partial charge in [-0.15, -0.1) is 11.3 Å². The Morgan fingerprint density at radius 1 is 1.19 bits per heavy atom. The van der Waals surface area contributed by atoms with Gasteiger partial charge in [-0.2, -0.15) is 0 Å². The van der Waals surface area contributed by atoms with Crippen LogP contribution in [0.15, 0.2) is 23.2 Å². The van der Waals surface area contributed by atoms with E-state index in [4.69, 9.17) is 0 Å². The van der Waals surface area contributed by atoms with Crippen LogP contribution in [0.1, 0.15) is 21.6 Å². The first-order valence-electron chi connectivity index (χ1n) is 6.53. The van der Waals surface area contributed by atoms with E-state index in [0.29, 0.717) is 16.6 Å². The summed E-state index contributed by atoms with van der Waals surface area (Å²) >= 11 is 1.32. The van der Waals surface area contributed by atoms with Crippen molar-refractivity contribution < 1.29 is 8.42 Å². The van der Waals surface area contributed by atoms with Crippen LogP contribution < -0.4 is 10.0 Å². The molecule has 0 bridgehead atoms. The monoisotopic (exact) mass is 325 g/mol. The van der Waals surface area contributed by atoms with Crippen molar-refractivity contribution in [3.05, 3.63) is 39.9 Å². The molecule has 1 aromatic heterocycles. The second-order valence-corrected chi connectivity index (χ2v) is 7.84. The zero-order valence-corrected chi connectivity index (χ0v) is 14.2. The van der Waals surface area contributed by atoms with Crippen molar-refractivity contribution in [2.45, 2.75) is 32.2 Å². The minimum absolute atomic E-state index is 0.297. The van der Waals surface area contributed by atoms with Crippen molar-refractivity contribution in [2.75, 3.05) is 11.8 Å². The predicted molar refractivity (Wildman–Crippen MR) is 86.3 cm³/mol. The summed E-state index contributed by atoms with van der Waals surface area (Å²) in [6.45, 7) is 6.30. The first-order valence-corrected chi connectivity index (χ1v) is 8.83. The fourth-order valence-corrected chi connectivity index (χ4v) is 4.30. The van der Waals surface area contributed by atoms with Crippen LogP contribution in [0.3, 0.4) is 0 Å². The van der Waals surface area contributed by atoms with Crippen molar-refractivity contribution in [2.24, 2.45) is 0 Å². The zero-order chi connectivity index (χ0) is 15.6. The van der Waals surface area contributed by atoms with Gasteiger partial charge in [0.15, 0.2) is 5.13 Å². The van der Waals surface area contributed by atoms with E-state index >= 15 is 0 Å². The molecular formula is C14H19N3O2S2. The number of nitrogens with zero attached hydrogens (tertiary/aromatic N) is 1. The first kappa shape index (κ1) is 15.9. The van der Waals surface area contributed by atoms with Gasteiger partial charge in [-0.05, 0) is 50.6 Å². The van der Waals surface area contributed by atoms with E-state index in [2.05, 4.69) is 15.0 Å². The molecule has 2 aromatic rings. The van der Waals surface area contributed by atoms with E-state index in [0.717, 1.165) is 21.6 Å². The second kappa shape index (κ2) is 6.13. The number of thiazole rings is 1. The van der Waals surface area contributed by atoms with Gasteiger partial charge in [-0.3, -0.25) is 4.72 Å². The van der Waals surface area contributed by atoms with Crippen molar-refractivity contribution in [1.29, 1.82) is 0 Å². The molecule has 0 atom stereocenters. The Hall–Kier alpha value is -1.44. The van der Waals surface area contributed by atoms with Crippen molar-refractivity contribution in [3.63, 3.8) is 0 Å². The Labute approximate surface area is 129 Å². The highest BCUT2D eigenvalue weighted by atomic mass is 32.2. The number of anilines is 1. The van der Waals surface area contributed by atoms with E-state index in [1.165, 1.54) is 11.3 Å². The predicted octanol–water partition coefficient (Wildman–Crippen LogP) is 2.59. The highest BCUT2D eigenvalue weighted by Gasteiger charge is 2.19. The lowest BCUT2D eigenvalue weighted by molar-refractivity contribution is 0.600. The standard InChI is InChI=1S/C14H19N3O2S2/c1-9-5-10(2)13(6-12(9)8-15-4)21(18,19)17-14-16-7-11(3)20-14/h5-7,15H,8H2,1-4H3,(H,16,17). The number of sulfonamides is 1. The molecule has 2 N–H and O–H groups in total. The third-order valence-corrected chi connectivity index (χ3v) is 5.57. The molecule has 0 spiro atoms. The van der Waals surface area contributed by atoms with E-state index in [9.17, 15) is 8.42 Å². The average Bonchev–Trinajstić information content (AvgIpc) is 2.77. The quantitative estimate of drug-likeness (QED) is 0.886. The van der Waals surface area contributed by atoms with Crippen LogP contribution in [0.2, 0.25) is 0 Å². The molecule has 0 unspecified atom stereocenters. The maximum atomic E-state index is 12.5. The molecule has 21 heavy (non-hydrogen) atoms. The maximum absolute atomic E-state index is 12.5. The fraction of sp³-hybridized carbons (Fsp3) is 0.357. The minimum atomic E-state index is -3.62. The SMILES string of the molecule is CNCc1cc(S(=O)(=O)Nc2ncc(C)s2)c(C)cc1C. The number of rotatable bonds is 5. The van der Waals surface area contributed by atoms with Crippen molar-refractivity contribution >= 4 is 26.5 Å². The number of benzene rings is 1. The van der Waals surface area contributed by atoms with Gasteiger partial charge in [0.2, 0.25) is 0 Å². The zero-order valence-electron chi connectivity index (χ0n) is 12.5. The molecular weight excluding hydrogens is 306 g/mol. The Balaban J connectivity index is 2.41. The molecule has 1 heterocycles. The summed E-state index contributed by atoms with van der Waals surface area (Å²) in [4.78, 5) is 5.31. The van der Waals surface area contributed by atoms with Gasteiger partial charge < -0.3 is 5.32 Å². The number of nitrogens with one attached hydrogen (secondary N) is 2. The smallest absolute Gasteiger partial charge is 0.263 e. The van der Waals surface area contributed by atoms with E-state index in [-0.39, 0.29) is 0 Å². The van der Waals surface area contributed by atoms with E-state index in [1.807, 2.05) is 27.0 Å². The normalized spacial score (nSPS) is 11.6. The molecule has 2 rings (SSSR count). The Bertz CT molecular complexity index is 752. The summed E-state index contributed by atoms with van der Waals surface area (Å²) in [5, 5.41) is 3.44. The second-order valence-electron chi connectivity index (χ2n) is 4.96. The molecule has 0 aliphatic rings. The molecule has 0 saturated heterocycles. The van der Waals surface area contributed by atoms with Crippen LogP contribution in [-0.2, 0) is 16.6 Å². The molecule has 0 aliphatic carbocycles. The summed E-state index contributed by atoms with van der Waals surface area (Å²) in [5.74, 6) is 0. The lowest BCUT2D eigenvalue weighted by Crippen LogP contribution is -2.16. The third-order valence-electron chi connectivity index (χ3n) is 3.13. The molecule has 7 heteroatoms. The van der Waals surface area contributed by atoms with Crippen molar-refractivity contribution in [3.8, 4) is 0 Å². The maximum Gasteiger partial charge on any atom is 0.263 e. The molecule has 0 saturated carbocycles. The van der Waals surface area contributed by atoms with E-state index < -0.39 is 10.0 Å². The van der Waals surface area contributed by atoms with Gasteiger partial charge in [0.25, 0.3) is 10.0 Å². The fourth-order valence-electron chi connectivity index (χ4n) is 2.12. The summed E-state index contributed by atoms with van der Waals surface area (Å²) in [5.41, 5.74) is 2.78. The highest BCUT2D eigenvalue weighted by Crippen LogP contribution is 2.25. The molecule has 114 valence electrons. The number of aryl methyl sites for hydroxylation is 3. The summed E-state index contributed by atoms with van der Waals surface area (Å²) in [6, 6.07) is 3.62. The van der Waals surface area contributed by atoms with Gasteiger partial charge in [0.05, 0.1) is 4.90 Å². The van der Waals surface area contributed by atoms with Gasteiger partial charge >= 0.3 is 0 Å². The van der Waals surface area contributed by atoms with Gasteiger partial charge in [-0.1, -0.05) is 6.07 Å². The first-order chi connectivity index (χ1) is 9.83. The Morgan fingerprint density at radius 2 is 1.90 bits per heavy atom. The topological polar surface area (TPSA) is 71.1 Å². The van der Waals surface area contributed by atoms with Crippen LogP contribution in [0.25, 0.3) is 0 Å². The molecule has 0 aliphatic heterocycles. The van der Waals surface area contributed by atoms with Crippen LogP contribution in [0, 0.1) is 20.8 Å². The lowest BCUT2D eigenvalue weighted by Gasteiger charge is -2.13. The summed E-state index contributed by atoms with van der Waals surface area (Å²) in [6.07, 6.45) is 1.65. The Morgan fingerprint density at radius 3 is 2.48 bits per heavy atom. The van der Waals surface area contributed by atoms with E-state index in [1.54, 1.807) is 19.2 Å². The molecule has 0 radical (unpaired) electrons.